The fraction of sp³-hybridized carbons (Fsp3) is 0.167. The molecule has 0 aliphatic carbocycles. The molecule has 0 saturated heterocycles. The highest BCUT2D eigenvalue weighted by atomic mass is 35.5. The van der Waals surface area contributed by atoms with Crippen molar-refractivity contribution in [2.75, 3.05) is 11.1 Å². The first kappa shape index (κ1) is 20.2. The standard InChI is InChI=1S/C18H15ClN4O3S2/c19-13-8-9-14(15(11-13)23(25)26)16(24)20-17-21-22-18(28-17)27-10-4-7-12-5-2-1-3-6-12/h1-3,5-6,8-9,11H,4,7,10H2,(H,20,21,24). The first-order valence-corrected chi connectivity index (χ1v) is 10.5. The second-order valence-electron chi connectivity index (χ2n) is 5.68. The summed E-state index contributed by atoms with van der Waals surface area (Å²) in [6.07, 6.45) is 1.98. The number of thioether (sulfide) groups is 1. The van der Waals surface area contributed by atoms with Crippen LogP contribution < -0.4 is 5.32 Å². The zero-order valence-electron chi connectivity index (χ0n) is 14.5. The van der Waals surface area contributed by atoms with E-state index in [1.54, 1.807) is 11.8 Å². The van der Waals surface area contributed by atoms with Crippen LogP contribution >= 0.6 is 34.7 Å². The molecule has 0 radical (unpaired) electrons. The molecule has 2 aromatic carbocycles. The summed E-state index contributed by atoms with van der Waals surface area (Å²) in [5, 5.41) is 22.1. The maximum atomic E-state index is 12.4. The van der Waals surface area contributed by atoms with Gasteiger partial charge in [-0.25, -0.2) is 0 Å². The van der Waals surface area contributed by atoms with Gasteiger partial charge < -0.3 is 0 Å². The van der Waals surface area contributed by atoms with Crippen LogP contribution in [0.4, 0.5) is 10.8 Å². The van der Waals surface area contributed by atoms with Gasteiger partial charge in [-0.15, -0.1) is 10.2 Å². The SMILES string of the molecule is O=C(Nc1nnc(SCCCc2ccccc2)s1)c1ccc(Cl)cc1[N+](=O)[O-]. The lowest BCUT2D eigenvalue weighted by molar-refractivity contribution is -0.385. The van der Waals surface area contributed by atoms with Crippen molar-refractivity contribution < 1.29 is 9.72 Å². The minimum Gasteiger partial charge on any atom is -0.296 e. The van der Waals surface area contributed by atoms with Crippen molar-refractivity contribution in [2.24, 2.45) is 0 Å². The van der Waals surface area contributed by atoms with Crippen molar-refractivity contribution in [2.45, 2.75) is 17.2 Å². The number of halogens is 1. The van der Waals surface area contributed by atoms with Crippen LogP contribution in [0, 0.1) is 10.1 Å². The number of amides is 1. The Bertz CT molecular complexity index is 982. The molecule has 28 heavy (non-hydrogen) atoms. The second-order valence-corrected chi connectivity index (χ2v) is 8.44. The quantitative estimate of drug-likeness (QED) is 0.174. The third-order valence-corrected chi connectivity index (χ3v) is 6.00. The van der Waals surface area contributed by atoms with E-state index < -0.39 is 10.8 Å². The number of nitrogens with zero attached hydrogens (tertiary/aromatic N) is 3. The molecule has 3 aromatic rings. The minimum absolute atomic E-state index is 0.0818. The summed E-state index contributed by atoms with van der Waals surface area (Å²) in [4.78, 5) is 22.8. The van der Waals surface area contributed by atoms with Gasteiger partial charge in [-0.1, -0.05) is 65.0 Å². The fourth-order valence-corrected chi connectivity index (χ4v) is 4.33. The Kier molecular flexibility index (Phi) is 6.96. The number of carbonyl (C=O) groups is 1. The molecule has 0 atom stereocenters. The molecular weight excluding hydrogens is 420 g/mol. The summed E-state index contributed by atoms with van der Waals surface area (Å²) in [5.74, 6) is 0.250. The van der Waals surface area contributed by atoms with Gasteiger partial charge in [-0.05, 0) is 30.5 Å². The van der Waals surface area contributed by atoms with Gasteiger partial charge in [0.05, 0.1) is 4.92 Å². The molecule has 3 rings (SSSR count). The van der Waals surface area contributed by atoms with Gasteiger partial charge in [0.1, 0.15) is 5.56 Å². The molecule has 7 nitrogen and oxygen atoms in total. The van der Waals surface area contributed by atoms with Gasteiger partial charge in [0.2, 0.25) is 5.13 Å². The average molecular weight is 435 g/mol. The van der Waals surface area contributed by atoms with E-state index in [9.17, 15) is 14.9 Å². The van der Waals surface area contributed by atoms with Crippen LogP contribution in [0.2, 0.25) is 5.02 Å². The van der Waals surface area contributed by atoms with Gasteiger partial charge in [-0.2, -0.15) is 0 Å². The third-order valence-electron chi connectivity index (χ3n) is 3.71. The molecule has 1 heterocycles. The monoisotopic (exact) mass is 434 g/mol. The highest BCUT2D eigenvalue weighted by Crippen LogP contribution is 2.28. The molecule has 1 amide bonds. The van der Waals surface area contributed by atoms with Crippen LogP contribution in [0.15, 0.2) is 52.9 Å². The summed E-state index contributed by atoms with van der Waals surface area (Å²) >= 11 is 8.56. The number of anilines is 1. The molecule has 0 aliphatic rings. The van der Waals surface area contributed by atoms with Crippen molar-refractivity contribution >= 4 is 51.4 Å². The Morgan fingerprint density at radius 2 is 2.00 bits per heavy atom. The summed E-state index contributed by atoms with van der Waals surface area (Å²) in [7, 11) is 0. The number of nitrogens with one attached hydrogen (secondary N) is 1. The van der Waals surface area contributed by atoms with Gasteiger partial charge >= 0.3 is 0 Å². The van der Waals surface area contributed by atoms with Crippen molar-refractivity contribution in [1.82, 2.24) is 10.2 Å². The highest BCUT2D eigenvalue weighted by Gasteiger charge is 2.21. The number of nitro groups is 1. The van der Waals surface area contributed by atoms with Crippen molar-refractivity contribution in [3.8, 4) is 0 Å². The molecule has 0 bridgehead atoms. The Balaban J connectivity index is 1.54. The third kappa shape index (κ3) is 5.51. The van der Waals surface area contributed by atoms with Crippen LogP contribution in [-0.4, -0.2) is 26.8 Å². The number of benzene rings is 2. The minimum atomic E-state index is -0.644. The predicted octanol–water partition coefficient (Wildman–Crippen LogP) is 5.08. The first-order valence-electron chi connectivity index (χ1n) is 8.28. The number of hydrogen-bond donors (Lipinski definition) is 1. The number of rotatable bonds is 8. The van der Waals surface area contributed by atoms with E-state index in [-0.39, 0.29) is 16.3 Å². The Hall–Kier alpha value is -2.49. The zero-order valence-corrected chi connectivity index (χ0v) is 16.9. The van der Waals surface area contributed by atoms with Crippen LogP contribution in [0.5, 0.6) is 0 Å². The molecule has 0 unspecified atom stereocenters. The average Bonchev–Trinajstić information content (AvgIpc) is 3.13. The highest BCUT2D eigenvalue weighted by molar-refractivity contribution is 8.01. The zero-order chi connectivity index (χ0) is 19.9. The topological polar surface area (TPSA) is 98.0 Å². The molecule has 0 fully saturated rings. The summed E-state index contributed by atoms with van der Waals surface area (Å²) in [5.41, 5.74) is 0.851. The molecule has 0 spiro atoms. The Morgan fingerprint density at radius 1 is 1.21 bits per heavy atom. The maximum Gasteiger partial charge on any atom is 0.283 e. The molecule has 1 N–H and O–H groups in total. The van der Waals surface area contributed by atoms with Crippen LogP contribution in [-0.2, 0) is 6.42 Å². The lowest BCUT2D eigenvalue weighted by Crippen LogP contribution is -2.13. The molecule has 0 aliphatic heterocycles. The van der Waals surface area contributed by atoms with Crippen molar-refractivity contribution in [3.05, 3.63) is 74.8 Å². The summed E-state index contributed by atoms with van der Waals surface area (Å²) in [6.45, 7) is 0. The van der Waals surface area contributed by atoms with E-state index in [1.807, 2.05) is 18.2 Å². The van der Waals surface area contributed by atoms with Crippen LogP contribution in [0.3, 0.4) is 0 Å². The van der Waals surface area contributed by atoms with E-state index in [1.165, 1.54) is 29.0 Å². The van der Waals surface area contributed by atoms with E-state index in [0.29, 0.717) is 5.13 Å². The van der Waals surface area contributed by atoms with Gasteiger partial charge in [0.25, 0.3) is 11.6 Å². The number of nitro benzene ring substituents is 1. The molecular formula is C18H15ClN4O3S2. The van der Waals surface area contributed by atoms with Crippen molar-refractivity contribution in [1.29, 1.82) is 0 Å². The van der Waals surface area contributed by atoms with Crippen LogP contribution in [0.25, 0.3) is 0 Å². The summed E-state index contributed by atoms with van der Waals surface area (Å²) < 4.78 is 0.731. The van der Waals surface area contributed by atoms with Gasteiger partial charge in [-0.3, -0.25) is 20.2 Å². The fourth-order valence-electron chi connectivity index (χ4n) is 2.41. The van der Waals surface area contributed by atoms with E-state index in [0.717, 1.165) is 29.0 Å². The number of carbonyl (C=O) groups excluding carboxylic acids is 1. The predicted molar refractivity (Wildman–Crippen MR) is 111 cm³/mol. The summed E-state index contributed by atoms with van der Waals surface area (Å²) in [6, 6.07) is 14.1. The van der Waals surface area contributed by atoms with Gasteiger partial charge in [0.15, 0.2) is 4.34 Å². The smallest absolute Gasteiger partial charge is 0.283 e. The Labute approximate surface area is 174 Å². The second kappa shape index (κ2) is 9.63. The normalized spacial score (nSPS) is 10.6. The maximum absolute atomic E-state index is 12.4. The molecule has 10 heteroatoms. The lowest BCUT2D eigenvalue weighted by atomic mass is 10.1. The lowest BCUT2D eigenvalue weighted by Gasteiger charge is -2.03. The van der Waals surface area contributed by atoms with Gasteiger partial charge in [0, 0.05) is 16.8 Å². The number of aromatic nitrogens is 2. The molecule has 0 saturated carbocycles. The van der Waals surface area contributed by atoms with Crippen LogP contribution in [0.1, 0.15) is 22.3 Å². The molecule has 1 aromatic heterocycles. The first-order chi connectivity index (χ1) is 13.5. The van der Waals surface area contributed by atoms with E-state index in [4.69, 9.17) is 11.6 Å². The largest absolute Gasteiger partial charge is 0.296 e. The van der Waals surface area contributed by atoms with E-state index >= 15 is 0 Å². The Morgan fingerprint density at radius 3 is 2.75 bits per heavy atom. The molecule has 144 valence electrons. The van der Waals surface area contributed by atoms with E-state index in [2.05, 4.69) is 27.6 Å². The van der Waals surface area contributed by atoms with Crippen molar-refractivity contribution in [3.63, 3.8) is 0 Å². The number of aryl methyl sites for hydroxylation is 1. The number of hydrogen-bond acceptors (Lipinski definition) is 7.